The third kappa shape index (κ3) is 5.80. The van der Waals surface area contributed by atoms with Crippen molar-refractivity contribution in [2.24, 2.45) is 0 Å². The van der Waals surface area contributed by atoms with Crippen LogP contribution in [0.3, 0.4) is 0 Å². The Balaban J connectivity index is 1.23. The van der Waals surface area contributed by atoms with E-state index in [1.807, 2.05) is 24.3 Å². The maximum Gasteiger partial charge on any atom is 0.407 e. The number of carbonyl (C=O) groups is 3. The normalized spacial score (nSPS) is 16.3. The molecule has 0 aromatic heterocycles. The summed E-state index contributed by atoms with van der Waals surface area (Å²) in [5.74, 6) is -1.04. The van der Waals surface area contributed by atoms with Crippen molar-refractivity contribution in [2.75, 3.05) is 53.0 Å². The molecule has 2 aromatic rings. The van der Waals surface area contributed by atoms with Gasteiger partial charge in [0.15, 0.2) is 0 Å². The molecule has 9 heteroatoms. The van der Waals surface area contributed by atoms with Gasteiger partial charge in [-0.2, -0.15) is 0 Å². The van der Waals surface area contributed by atoms with Crippen LogP contribution < -0.4 is 5.32 Å². The molecule has 1 heterocycles. The van der Waals surface area contributed by atoms with Gasteiger partial charge in [0.1, 0.15) is 12.7 Å². The Labute approximate surface area is 204 Å². The zero-order valence-corrected chi connectivity index (χ0v) is 19.8. The summed E-state index contributed by atoms with van der Waals surface area (Å²) >= 11 is 0. The molecule has 0 radical (unpaired) electrons. The fraction of sp³-hybridized carbons (Fsp3) is 0.423. The maximum atomic E-state index is 12.8. The molecule has 0 spiro atoms. The lowest BCUT2D eigenvalue weighted by Gasteiger charge is -2.35. The number of carbonyl (C=O) groups excluding carboxylic acids is 2. The summed E-state index contributed by atoms with van der Waals surface area (Å²) in [6.07, 6.45) is -0.902. The van der Waals surface area contributed by atoms with Gasteiger partial charge in [-0.1, -0.05) is 48.5 Å². The molecule has 35 heavy (non-hydrogen) atoms. The van der Waals surface area contributed by atoms with E-state index in [0.29, 0.717) is 32.6 Å². The molecule has 1 atom stereocenters. The standard InChI is InChI=1S/C26H31N3O6/c1-34-23(25(32)29-14-12-28(13-15-29)16-24(30)31)10-11-27-26(33)35-17-22-20-8-4-2-6-18(20)19-7-3-5-9-21(19)22/h2-9,22-23H,10-17H2,1H3,(H,27,33)(H,30,31). The molecule has 2 N–H and O–H groups in total. The number of aliphatic carboxylic acids is 1. The lowest BCUT2D eigenvalue weighted by Crippen LogP contribution is -2.52. The van der Waals surface area contributed by atoms with Crippen molar-refractivity contribution in [3.8, 4) is 11.1 Å². The average molecular weight is 482 g/mol. The minimum absolute atomic E-state index is 0.0127. The molecule has 2 aliphatic rings. The van der Waals surface area contributed by atoms with Gasteiger partial charge < -0.3 is 24.8 Å². The van der Waals surface area contributed by atoms with Gasteiger partial charge >= 0.3 is 12.1 Å². The number of nitrogens with zero attached hydrogens (tertiary/aromatic N) is 2. The SMILES string of the molecule is COC(CCNC(=O)OCC1c2ccccc2-c2ccccc21)C(=O)N1CCN(CC(=O)O)CC1. The van der Waals surface area contributed by atoms with Gasteiger partial charge in [-0.15, -0.1) is 0 Å². The molecule has 4 rings (SSSR count). The number of benzene rings is 2. The van der Waals surface area contributed by atoms with Crippen LogP contribution in [-0.4, -0.2) is 92.0 Å². The second-order valence-electron chi connectivity index (χ2n) is 8.76. The van der Waals surface area contributed by atoms with Crippen LogP contribution in [0.15, 0.2) is 48.5 Å². The van der Waals surface area contributed by atoms with Gasteiger partial charge in [0.05, 0.1) is 6.54 Å². The van der Waals surface area contributed by atoms with Gasteiger partial charge in [0, 0.05) is 52.2 Å². The highest BCUT2D eigenvalue weighted by Gasteiger charge is 2.30. The van der Waals surface area contributed by atoms with E-state index in [1.165, 1.54) is 18.2 Å². The van der Waals surface area contributed by atoms with Crippen molar-refractivity contribution in [3.63, 3.8) is 0 Å². The van der Waals surface area contributed by atoms with Gasteiger partial charge in [0.25, 0.3) is 5.91 Å². The number of amides is 2. The van der Waals surface area contributed by atoms with Gasteiger partial charge in [-0.25, -0.2) is 4.79 Å². The molecular weight excluding hydrogens is 450 g/mol. The zero-order chi connectivity index (χ0) is 24.8. The smallest absolute Gasteiger partial charge is 0.407 e. The first-order valence-corrected chi connectivity index (χ1v) is 11.8. The first-order valence-electron chi connectivity index (χ1n) is 11.8. The number of hydrogen-bond acceptors (Lipinski definition) is 6. The highest BCUT2D eigenvalue weighted by atomic mass is 16.5. The fourth-order valence-corrected chi connectivity index (χ4v) is 4.82. The number of ether oxygens (including phenoxy) is 2. The van der Waals surface area contributed by atoms with Crippen LogP contribution >= 0.6 is 0 Å². The number of carboxylic acid groups (broad SMARTS) is 1. The van der Waals surface area contributed by atoms with Crippen LogP contribution in [0.4, 0.5) is 4.79 Å². The highest BCUT2D eigenvalue weighted by molar-refractivity contribution is 5.81. The number of alkyl carbamates (subject to hydrolysis) is 1. The minimum Gasteiger partial charge on any atom is -0.480 e. The third-order valence-electron chi connectivity index (χ3n) is 6.62. The lowest BCUT2D eigenvalue weighted by atomic mass is 9.98. The molecule has 2 amide bonds. The van der Waals surface area contributed by atoms with Crippen molar-refractivity contribution >= 4 is 18.0 Å². The van der Waals surface area contributed by atoms with E-state index >= 15 is 0 Å². The van der Waals surface area contributed by atoms with Crippen molar-refractivity contribution < 1.29 is 29.0 Å². The Morgan fingerprint density at radius 1 is 1.00 bits per heavy atom. The number of methoxy groups -OCH3 is 1. The minimum atomic E-state index is -0.876. The first-order chi connectivity index (χ1) is 17.0. The molecule has 1 saturated heterocycles. The average Bonchev–Trinajstić information content (AvgIpc) is 3.19. The van der Waals surface area contributed by atoms with Crippen LogP contribution in [0, 0.1) is 0 Å². The first kappa shape index (κ1) is 24.7. The lowest BCUT2D eigenvalue weighted by molar-refractivity contribution is -0.145. The topological polar surface area (TPSA) is 108 Å². The van der Waals surface area contributed by atoms with E-state index in [4.69, 9.17) is 14.6 Å². The predicted molar refractivity (Wildman–Crippen MR) is 129 cm³/mol. The quantitative estimate of drug-likeness (QED) is 0.565. The molecule has 0 bridgehead atoms. The largest absolute Gasteiger partial charge is 0.480 e. The molecule has 0 saturated carbocycles. The van der Waals surface area contributed by atoms with Crippen molar-refractivity contribution in [2.45, 2.75) is 18.4 Å². The Hall–Kier alpha value is -3.43. The Morgan fingerprint density at radius 2 is 1.60 bits per heavy atom. The van der Waals surface area contributed by atoms with Crippen molar-refractivity contribution in [1.82, 2.24) is 15.1 Å². The molecular formula is C26H31N3O6. The van der Waals surface area contributed by atoms with Crippen LogP contribution in [0.5, 0.6) is 0 Å². The van der Waals surface area contributed by atoms with Crippen LogP contribution in [-0.2, 0) is 19.1 Å². The highest BCUT2D eigenvalue weighted by Crippen LogP contribution is 2.44. The second kappa shape index (κ2) is 11.3. The summed E-state index contributed by atoms with van der Waals surface area (Å²) in [6.45, 7) is 2.35. The number of piperazine rings is 1. The summed E-state index contributed by atoms with van der Waals surface area (Å²) in [4.78, 5) is 39.5. The summed E-state index contributed by atoms with van der Waals surface area (Å²) in [6, 6.07) is 16.3. The molecule has 1 aliphatic carbocycles. The molecule has 1 unspecified atom stereocenters. The number of fused-ring (bicyclic) bond motifs is 3. The maximum absolute atomic E-state index is 12.8. The van der Waals surface area contributed by atoms with Crippen LogP contribution in [0.2, 0.25) is 0 Å². The predicted octanol–water partition coefficient (Wildman–Crippen LogP) is 2.16. The van der Waals surface area contributed by atoms with Gasteiger partial charge in [-0.3, -0.25) is 14.5 Å². The Morgan fingerprint density at radius 3 is 2.17 bits per heavy atom. The number of carboxylic acids is 1. The van der Waals surface area contributed by atoms with Crippen LogP contribution in [0.1, 0.15) is 23.5 Å². The van der Waals surface area contributed by atoms with Gasteiger partial charge in [0.2, 0.25) is 0 Å². The fourth-order valence-electron chi connectivity index (χ4n) is 4.82. The van der Waals surface area contributed by atoms with Crippen molar-refractivity contribution in [3.05, 3.63) is 59.7 Å². The van der Waals surface area contributed by atoms with E-state index in [9.17, 15) is 14.4 Å². The number of nitrogens with one attached hydrogen (secondary N) is 1. The molecule has 2 aromatic carbocycles. The monoisotopic (exact) mass is 481 g/mol. The Bertz CT molecular complexity index is 1020. The molecule has 186 valence electrons. The van der Waals surface area contributed by atoms with E-state index < -0.39 is 18.2 Å². The number of rotatable bonds is 9. The third-order valence-corrected chi connectivity index (χ3v) is 6.62. The van der Waals surface area contributed by atoms with E-state index in [2.05, 4.69) is 29.6 Å². The summed E-state index contributed by atoms with van der Waals surface area (Å²) in [5.41, 5.74) is 4.63. The van der Waals surface area contributed by atoms with E-state index in [0.717, 1.165) is 11.1 Å². The zero-order valence-electron chi connectivity index (χ0n) is 19.8. The molecule has 1 aliphatic heterocycles. The van der Waals surface area contributed by atoms with Crippen molar-refractivity contribution in [1.29, 1.82) is 0 Å². The Kier molecular flexibility index (Phi) is 7.99. The van der Waals surface area contributed by atoms with Crippen LogP contribution in [0.25, 0.3) is 11.1 Å². The summed E-state index contributed by atoms with van der Waals surface area (Å²) in [7, 11) is 1.47. The van der Waals surface area contributed by atoms with Gasteiger partial charge in [-0.05, 0) is 22.3 Å². The summed E-state index contributed by atoms with van der Waals surface area (Å²) in [5, 5.41) is 11.6. The van der Waals surface area contributed by atoms with E-state index in [-0.39, 0.29) is 31.5 Å². The second-order valence-corrected chi connectivity index (χ2v) is 8.76. The molecule has 1 fully saturated rings. The molecule has 9 nitrogen and oxygen atoms in total. The summed E-state index contributed by atoms with van der Waals surface area (Å²) < 4.78 is 10.9. The van der Waals surface area contributed by atoms with E-state index in [1.54, 1.807) is 9.80 Å². The number of hydrogen-bond donors (Lipinski definition) is 2.